The summed E-state index contributed by atoms with van der Waals surface area (Å²) in [6.45, 7) is 21.0. The Morgan fingerprint density at radius 1 is 1.09 bits per heavy atom. The van der Waals surface area contributed by atoms with Gasteiger partial charge in [0.1, 0.15) is 0 Å². The Hall–Kier alpha value is -0.860. The smallest absolute Gasteiger partial charge is 0.0251 e. The fraction of sp³-hybridized carbons (Fsp3) is 0.714. The largest absolute Gasteiger partial charge is 0.296 e. The normalized spacial score (nSPS) is 21.3. The zero-order valence-corrected chi connectivity index (χ0v) is 16.3. The lowest BCUT2D eigenvalue weighted by Crippen LogP contribution is -2.60. The van der Waals surface area contributed by atoms with Crippen LogP contribution in [0.5, 0.6) is 0 Å². The van der Waals surface area contributed by atoms with Gasteiger partial charge in [-0.3, -0.25) is 9.80 Å². The summed E-state index contributed by atoms with van der Waals surface area (Å²) in [6, 6.07) is 9.80. The van der Waals surface area contributed by atoms with E-state index in [9.17, 15) is 0 Å². The number of benzene rings is 1. The molecule has 1 saturated heterocycles. The van der Waals surface area contributed by atoms with E-state index in [2.05, 4.69) is 82.5 Å². The molecule has 0 aliphatic carbocycles. The molecular formula is C21H36N2. The van der Waals surface area contributed by atoms with Gasteiger partial charge in [-0.1, -0.05) is 52.0 Å². The van der Waals surface area contributed by atoms with Crippen molar-refractivity contribution < 1.29 is 0 Å². The first-order chi connectivity index (χ1) is 10.7. The van der Waals surface area contributed by atoms with Gasteiger partial charge in [0, 0.05) is 37.8 Å². The van der Waals surface area contributed by atoms with Crippen LogP contribution in [0.3, 0.4) is 0 Å². The van der Waals surface area contributed by atoms with E-state index >= 15 is 0 Å². The molecule has 1 aromatic rings. The molecule has 2 rings (SSSR count). The van der Waals surface area contributed by atoms with E-state index in [1.54, 1.807) is 0 Å². The van der Waals surface area contributed by atoms with Crippen LogP contribution in [0.15, 0.2) is 24.3 Å². The molecule has 1 aromatic carbocycles. The first kappa shape index (κ1) is 18.5. The van der Waals surface area contributed by atoms with E-state index in [1.807, 2.05) is 0 Å². The van der Waals surface area contributed by atoms with Crippen molar-refractivity contribution in [2.45, 2.75) is 72.5 Å². The van der Waals surface area contributed by atoms with Gasteiger partial charge >= 0.3 is 0 Å². The van der Waals surface area contributed by atoms with Gasteiger partial charge in [0.15, 0.2) is 0 Å². The minimum Gasteiger partial charge on any atom is -0.296 e. The van der Waals surface area contributed by atoms with Gasteiger partial charge < -0.3 is 0 Å². The lowest BCUT2D eigenvalue weighted by atomic mass is 9.93. The van der Waals surface area contributed by atoms with Gasteiger partial charge in [-0.15, -0.1) is 0 Å². The molecule has 23 heavy (non-hydrogen) atoms. The number of nitrogens with zero attached hydrogens (tertiary/aromatic N) is 2. The number of rotatable bonds is 4. The highest BCUT2D eigenvalue weighted by Gasteiger charge is 2.35. The maximum absolute atomic E-state index is 2.71. The van der Waals surface area contributed by atoms with E-state index in [0.29, 0.717) is 17.9 Å². The molecule has 1 heterocycles. The molecule has 0 spiro atoms. The van der Waals surface area contributed by atoms with Crippen LogP contribution in [-0.2, 0) is 6.54 Å². The second kappa shape index (κ2) is 7.36. The topological polar surface area (TPSA) is 6.48 Å². The van der Waals surface area contributed by atoms with Crippen LogP contribution in [0.4, 0.5) is 0 Å². The Morgan fingerprint density at radius 2 is 1.78 bits per heavy atom. The molecule has 2 nitrogen and oxygen atoms in total. The zero-order chi connectivity index (χ0) is 17.2. The summed E-state index contributed by atoms with van der Waals surface area (Å²) < 4.78 is 0. The molecule has 2 heteroatoms. The standard InChI is InChI=1S/C21H36N2/c1-16(2)19-10-8-9-18(13-19)14-22-11-12-23(21(5,6)7)20(15-22)17(3)4/h8-10,13,16-17,20H,11-12,14-15H2,1-7H3. The summed E-state index contributed by atoms with van der Waals surface area (Å²) in [6.07, 6.45) is 0. The SMILES string of the molecule is CC(C)c1cccc(CN2CCN(C(C)(C)C)C(C(C)C)C2)c1. The van der Waals surface area contributed by atoms with Crippen molar-refractivity contribution in [1.82, 2.24) is 9.80 Å². The van der Waals surface area contributed by atoms with E-state index in [0.717, 1.165) is 6.54 Å². The summed E-state index contributed by atoms with van der Waals surface area (Å²) in [5.41, 5.74) is 3.18. The Kier molecular flexibility index (Phi) is 5.91. The van der Waals surface area contributed by atoms with Gasteiger partial charge in [-0.2, -0.15) is 0 Å². The van der Waals surface area contributed by atoms with Crippen molar-refractivity contribution in [3.05, 3.63) is 35.4 Å². The van der Waals surface area contributed by atoms with Crippen LogP contribution in [0.1, 0.15) is 65.5 Å². The van der Waals surface area contributed by atoms with Crippen molar-refractivity contribution in [1.29, 1.82) is 0 Å². The maximum atomic E-state index is 2.71. The fourth-order valence-corrected chi connectivity index (χ4v) is 3.73. The van der Waals surface area contributed by atoms with Gasteiger partial charge in [-0.05, 0) is 43.7 Å². The highest BCUT2D eigenvalue weighted by molar-refractivity contribution is 5.25. The summed E-state index contributed by atoms with van der Waals surface area (Å²) in [7, 11) is 0. The molecule has 0 aromatic heterocycles. The van der Waals surface area contributed by atoms with Crippen molar-refractivity contribution >= 4 is 0 Å². The summed E-state index contributed by atoms with van der Waals surface area (Å²) in [5, 5.41) is 0. The number of hydrogen-bond acceptors (Lipinski definition) is 2. The average molecular weight is 317 g/mol. The molecule has 0 bridgehead atoms. The van der Waals surface area contributed by atoms with E-state index in [-0.39, 0.29) is 5.54 Å². The lowest BCUT2D eigenvalue weighted by Gasteiger charge is -2.49. The van der Waals surface area contributed by atoms with E-state index in [1.165, 1.54) is 30.8 Å². The quantitative estimate of drug-likeness (QED) is 0.791. The van der Waals surface area contributed by atoms with Crippen LogP contribution in [0, 0.1) is 5.92 Å². The zero-order valence-electron chi connectivity index (χ0n) is 16.3. The van der Waals surface area contributed by atoms with Crippen LogP contribution in [-0.4, -0.2) is 41.0 Å². The second-order valence-electron chi connectivity index (χ2n) is 8.81. The highest BCUT2D eigenvalue weighted by Crippen LogP contribution is 2.26. The molecule has 0 radical (unpaired) electrons. The fourth-order valence-electron chi connectivity index (χ4n) is 3.73. The molecule has 0 saturated carbocycles. The molecule has 130 valence electrons. The third-order valence-corrected chi connectivity index (χ3v) is 5.16. The van der Waals surface area contributed by atoms with Gasteiger partial charge in [0.05, 0.1) is 0 Å². The first-order valence-electron chi connectivity index (χ1n) is 9.26. The predicted molar refractivity (Wildman–Crippen MR) is 101 cm³/mol. The monoisotopic (exact) mass is 316 g/mol. The van der Waals surface area contributed by atoms with E-state index in [4.69, 9.17) is 0 Å². The maximum Gasteiger partial charge on any atom is 0.0251 e. The second-order valence-corrected chi connectivity index (χ2v) is 8.81. The molecule has 1 atom stereocenters. The third-order valence-electron chi connectivity index (χ3n) is 5.16. The molecule has 1 fully saturated rings. The van der Waals surface area contributed by atoms with Crippen molar-refractivity contribution in [2.75, 3.05) is 19.6 Å². The van der Waals surface area contributed by atoms with Gasteiger partial charge in [0.2, 0.25) is 0 Å². The van der Waals surface area contributed by atoms with Gasteiger partial charge in [-0.25, -0.2) is 0 Å². The summed E-state index contributed by atoms with van der Waals surface area (Å²) >= 11 is 0. The molecular weight excluding hydrogens is 280 g/mol. The molecule has 0 N–H and O–H groups in total. The first-order valence-corrected chi connectivity index (χ1v) is 9.26. The Bertz CT molecular complexity index is 499. The Morgan fingerprint density at radius 3 is 2.35 bits per heavy atom. The Labute approximate surface area is 143 Å². The molecule has 0 amide bonds. The Balaban J connectivity index is 2.07. The summed E-state index contributed by atoms with van der Waals surface area (Å²) in [5.74, 6) is 1.30. The molecule has 1 aliphatic rings. The van der Waals surface area contributed by atoms with Crippen molar-refractivity contribution in [3.8, 4) is 0 Å². The highest BCUT2D eigenvalue weighted by atomic mass is 15.3. The molecule has 1 aliphatic heterocycles. The number of hydrogen-bond donors (Lipinski definition) is 0. The number of piperazine rings is 1. The van der Waals surface area contributed by atoms with Gasteiger partial charge in [0.25, 0.3) is 0 Å². The minimum atomic E-state index is 0.262. The minimum absolute atomic E-state index is 0.262. The van der Waals surface area contributed by atoms with Crippen LogP contribution >= 0.6 is 0 Å². The lowest BCUT2D eigenvalue weighted by molar-refractivity contribution is -0.0122. The van der Waals surface area contributed by atoms with Crippen molar-refractivity contribution in [3.63, 3.8) is 0 Å². The predicted octanol–water partition coefficient (Wildman–Crippen LogP) is 4.75. The van der Waals surface area contributed by atoms with Crippen LogP contribution in [0.2, 0.25) is 0 Å². The van der Waals surface area contributed by atoms with E-state index < -0.39 is 0 Å². The summed E-state index contributed by atoms with van der Waals surface area (Å²) in [4.78, 5) is 5.35. The third kappa shape index (κ3) is 4.81. The van der Waals surface area contributed by atoms with Crippen LogP contribution < -0.4 is 0 Å². The van der Waals surface area contributed by atoms with Crippen molar-refractivity contribution in [2.24, 2.45) is 5.92 Å². The molecule has 1 unspecified atom stereocenters. The average Bonchev–Trinajstić information content (AvgIpc) is 2.46. The van der Waals surface area contributed by atoms with Crippen LogP contribution in [0.25, 0.3) is 0 Å².